The third-order valence-electron chi connectivity index (χ3n) is 5.00. The number of nitrogens with two attached hydrogens (primary N) is 1. The van der Waals surface area contributed by atoms with Crippen LogP contribution in [0.15, 0.2) is 51.3 Å². The summed E-state index contributed by atoms with van der Waals surface area (Å²) in [5.74, 6) is -0.685. The molecule has 0 unspecified atom stereocenters. The van der Waals surface area contributed by atoms with E-state index in [1.807, 2.05) is 24.3 Å². The number of methoxy groups -OCH3 is 1. The molecule has 1 fully saturated rings. The standard InChI is InChI=1S/C20H20N4O6S2/c1-29-15-5-3-2-4-13(15)19-22-14(12-31-19)20(26)23-8-10-24(11-9-23)32(27,28)17-7-6-16(30-17)18(21)25/h2-7,12H,8-11H2,1H3,(H2,21,25). The van der Waals surface area contributed by atoms with E-state index in [0.717, 1.165) is 5.56 Å². The number of hydrogen-bond acceptors (Lipinski definition) is 8. The lowest BCUT2D eigenvalue weighted by molar-refractivity contribution is 0.0691. The predicted octanol–water partition coefficient (Wildman–Crippen LogP) is 1.66. The molecular weight excluding hydrogens is 456 g/mol. The monoisotopic (exact) mass is 476 g/mol. The van der Waals surface area contributed by atoms with E-state index in [0.29, 0.717) is 16.5 Å². The van der Waals surface area contributed by atoms with Crippen LogP contribution >= 0.6 is 11.3 Å². The van der Waals surface area contributed by atoms with Crippen LogP contribution in [0.3, 0.4) is 0 Å². The molecule has 3 heterocycles. The maximum atomic E-state index is 12.9. The second-order valence-corrected chi connectivity index (χ2v) is 9.64. The number of amides is 2. The van der Waals surface area contributed by atoms with Crippen molar-refractivity contribution in [3.63, 3.8) is 0 Å². The van der Waals surface area contributed by atoms with Crippen molar-refractivity contribution >= 4 is 33.2 Å². The average Bonchev–Trinajstić information content (AvgIpc) is 3.49. The summed E-state index contributed by atoms with van der Waals surface area (Å²) in [5.41, 5.74) is 6.20. The Bertz CT molecular complexity index is 1260. The summed E-state index contributed by atoms with van der Waals surface area (Å²) in [6, 6.07) is 9.83. The SMILES string of the molecule is COc1ccccc1-c1nc(C(=O)N2CCN(S(=O)(=O)c3ccc(C(N)=O)o3)CC2)cs1. The first-order valence-corrected chi connectivity index (χ1v) is 11.9. The van der Waals surface area contributed by atoms with Crippen LogP contribution in [-0.4, -0.2) is 67.7 Å². The van der Waals surface area contributed by atoms with Crippen molar-refractivity contribution in [1.29, 1.82) is 0 Å². The quantitative estimate of drug-likeness (QED) is 0.571. The summed E-state index contributed by atoms with van der Waals surface area (Å²) in [7, 11) is -2.36. The van der Waals surface area contributed by atoms with Gasteiger partial charge in [0.2, 0.25) is 5.09 Å². The zero-order valence-electron chi connectivity index (χ0n) is 17.1. The van der Waals surface area contributed by atoms with Crippen molar-refractivity contribution in [2.75, 3.05) is 33.3 Å². The third-order valence-corrected chi connectivity index (χ3v) is 7.65. The molecule has 0 aliphatic carbocycles. The van der Waals surface area contributed by atoms with Crippen LogP contribution in [0.4, 0.5) is 0 Å². The van der Waals surface area contributed by atoms with Crippen molar-refractivity contribution in [2.45, 2.75) is 5.09 Å². The van der Waals surface area contributed by atoms with E-state index in [1.165, 1.54) is 27.8 Å². The molecule has 32 heavy (non-hydrogen) atoms. The number of aromatic nitrogens is 1. The minimum absolute atomic E-state index is 0.0875. The fourth-order valence-electron chi connectivity index (χ4n) is 3.33. The van der Waals surface area contributed by atoms with E-state index in [-0.39, 0.29) is 42.9 Å². The molecule has 0 radical (unpaired) electrons. The molecule has 1 aliphatic heterocycles. The number of hydrogen-bond donors (Lipinski definition) is 1. The van der Waals surface area contributed by atoms with Gasteiger partial charge in [-0.3, -0.25) is 9.59 Å². The van der Waals surface area contributed by atoms with E-state index in [1.54, 1.807) is 17.4 Å². The third kappa shape index (κ3) is 4.11. The number of sulfonamides is 1. The van der Waals surface area contributed by atoms with Gasteiger partial charge in [0.15, 0.2) is 5.76 Å². The molecule has 0 spiro atoms. The van der Waals surface area contributed by atoms with Crippen LogP contribution in [0.2, 0.25) is 0 Å². The number of furan rings is 1. The molecule has 10 nitrogen and oxygen atoms in total. The first-order valence-electron chi connectivity index (χ1n) is 9.59. The molecule has 4 rings (SSSR count). The van der Waals surface area contributed by atoms with Gasteiger partial charge in [0, 0.05) is 31.6 Å². The highest BCUT2D eigenvalue weighted by atomic mass is 32.2. The molecule has 1 aromatic carbocycles. The molecule has 0 atom stereocenters. The molecule has 0 saturated carbocycles. The predicted molar refractivity (Wildman–Crippen MR) is 116 cm³/mol. The lowest BCUT2D eigenvalue weighted by Crippen LogP contribution is -2.50. The summed E-state index contributed by atoms with van der Waals surface area (Å²) in [5, 5.41) is 1.99. The van der Waals surface area contributed by atoms with Gasteiger partial charge in [0.1, 0.15) is 16.5 Å². The molecule has 2 aromatic heterocycles. The number of thiazole rings is 1. The number of benzene rings is 1. The van der Waals surface area contributed by atoms with Gasteiger partial charge in [-0.2, -0.15) is 4.31 Å². The molecule has 168 valence electrons. The van der Waals surface area contributed by atoms with Gasteiger partial charge in [0.05, 0.1) is 12.7 Å². The molecule has 12 heteroatoms. The van der Waals surface area contributed by atoms with E-state index >= 15 is 0 Å². The highest BCUT2D eigenvalue weighted by molar-refractivity contribution is 7.89. The molecule has 2 N–H and O–H groups in total. The Hall–Kier alpha value is -3.22. The second kappa shape index (κ2) is 8.73. The molecular formula is C20H20N4O6S2. The number of carbonyl (C=O) groups is 2. The number of primary amides is 1. The first kappa shape index (κ1) is 22.0. The van der Waals surface area contributed by atoms with E-state index in [2.05, 4.69) is 4.98 Å². The fourth-order valence-corrected chi connectivity index (χ4v) is 5.49. The highest BCUT2D eigenvalue weighted by Gasteiger charge is 2.33. The van der Waals surface area contributed by atoms with Gasteiger partial charge in [-0.15, -0.1) is 11.3 Å². The van der Waals surface area contributed by atoms with Crippen molar-refractivity contribution in [2.24, 2.45) is 5.73 Å². The minimum Gasteiger partial charge on any atom is -0.496 e. The van der Waals surface area contributed by atoms with Crippen molar-refractivity contribution in [1.82, 2.24) is 14.2 Å². The van der Waals surface area contributed by atoms with Gasteiger partial charge in [0.25, 0.3) is 21.8 Å². The lowest BCUT2D eigenvalue weighted by Gasteiger charge is -2.33. The van der Waals surface area contributed by atoms with Crippen LogP contribution < -0.4 is 10.5 Å². The van der Waals surface area contributed by atoms with Crippen LogP contribution in [-0.2, 0) is 10.0 Å². The van der Waals surface area contributed by atoms with Crippen LogP contribution in [0.25, 0.3) is 10.6 Å². The Morgan fingerprint density at radius 2 is 1.84 bits per heavy atom. The number of piperazine rings is 1. The Morgan fingerprint density at radius 1 is 1.12 bits per heavy atom. The molecule has 2 amide bonds. The maximum absolute atomic E-state index is 12.9. The normalized spacial score (nSPS) is 15.0. The molecule has 0 bridgehead atoms. The number of rotatable bonds is 6. The van der Waals surface area contributed by atoms with Crippen LogP contribution in [0, 0.1) is 0 Å². The van der Waals surface area contributed by atoms with Crippen molar-refractivity contribution in [3.05, 3.63) is 53.2 Å². The summed E-state index contributed by atoms with van der Waals surface area (Å²) in [6.07, 6.45) is 0. The van der Waals surface area contributed by atoms with Crippen LogP contribution in [0.1, 0.15) is 21.0 Å². The fraction of sp³-hybridized carbons (Fsp3) is 0.250. The Kier molecular flexibility index (Phi) is 6.00. The Balaban J connectivity index is 1.44. The Morgan fingerprint density at radius 3 is 2.50 bits per heavy atom. The van der Waals surface area contributed by atoms with Gasteiger partial charge < -0.3 is 19.8 Å². The Labute approximate surface area is 188 Å². The van der Waals surface area contributed by atoms with Gasteiger partial charge in [-0.05, 0) is 24.3 Å². The number of para-hydroxylation sites is 1. The number of carbonyl (C=O) groups excluding carboxylic acids is 2. The summed E-state index contributed by atoms with van der Waals surface area (Å²) in [4.78, 5) is 30.1. The lowest BCUT2D eigenvalue weighted by atomic mass is 10.2. The zero-order chi connectivity index (χ0) is 22.9. The van der Waals surface area contributed by atoms with E-state index in [4.69, 9.17) is 14.9 Å². The van der Waals surface area contributed by atoms with Gasteiger partial charge >= 0.3 is 0 Å². The molecule has 1 saturated heterocycles. The zero-order valence-corrected chi connectivity index (χ0v) is 18.7. The summed E-state index contributed by atoms with van der Waals surface area (Å²) in [6.45, 7) is 0.570. The van der Waals surface area contributed by atoms with Crippen LogP contribution in [0.5, 0.6) is 5.75 Å². The van der Waals surface area contributed by atoms with E-state index in [9.17, 15) is 18.0 Å². The van der Waals surface area contributed by atoms with Crippen molar-refractivity contribution < 1.29 is 27.2 Å². The van der Waals surface area contributed by atoms with E-state index < -0.39 is 15.9 Å². The molecule has 1 aliphatic rings. The van der Waals surface area contributed by atoms with Gasteiger partial charge in [-0.1, -0.05) is 12.1 Å². The van der Waals surface area contributed by atoms with Gasteiger partial charge in [-0.25, -0.2) is 13.4 Å². The highest BCUT2D eigenvalue weighted by Crippen LogP contribution is 2.32. The van der Waals surface area contributed by atoms with Crippen molar-refractivity contribution in [3.8, 4) is 16.3 Å². The maximum Gasteiger partial charge on any atom is 0.284 e. The minimum atomic E-state index is -3.93. The first-order chi connectivity index (χ1) is 15.3. The summed E-state index contributed by atoms with van der Waals surface area (Å²) < 4.78 is 37.1. The molecule has 3 aromatic rings. The topological polar surface area (TPSA) is 136 Å². The average molecular weight is 477 g/mol. The number of ether oxygens (including phenoxy) is 1. The second-order valence-electron chi connectivity index (χ2n) is 6.92. The number of nitrogens with zero attached hydrogens (tertiary/aromatic N) is 3. The summed E-state index contributed by atoms with van der Waals surface area (Å²) >= 11 is 1.34. The smallest absolute Gasteiger partial charge is 0.284 e. The largest absolute Gasteiger partial charge is 0.496 e.